The van der Waals surface area contributed by atoms with Crippen LogP contribution >= 0.6 is 0 Å². The van der Waals surface area contributed by atoms with E-state index < -0.39 is 0 Å². The largest absolute Gasteiger partial charge is 0.492 e. The molecular formula is C19H26N4O2. The number of ether oxygens (including phenoxy) is 1. The van der Waals surface area contributed by atoms with Gasteiger partial charge in [-0.3, -0.25) is 14.6 Å². The highest BCUT2D eigenvalue weighted by Crippen LogP contribution is 2.25. The molecular weight excluding hydrogens is 316 g/mol. The lowest BCUT2D eigenvalue weighted by atomic mass is 10.0. The summed E-state index contributed by atoms with van der Waals surface area (Å²) in [5.41, 5.74) is 6.18. The third-order valence-electron chi connectivity index (χ3n) is 5.31. The predicted octanol–water partition coefficient (Wildman–Crippen LogP) is 1.35. The van der Waals surface area contributed by atoms with Gasteiger partial charge < -0.3 is 10.5 Å². The van der Waals surface area contributed by atoms with Gasteiger partial charge in [0, 0.05) is 12.6 Å². The van der Waals surface area contributed by atoms with E-state index in [1.165, 1.54) is 0 Å². The fourth-order valence-corrected chi connectivity index (χ4v) is 3.92. The molecule has 0 spiro atoms. The molecule has 2 N–H and O–H groups in total. The van der Waals surface area contributed by atoms with Gasteiger partial charge >= 0.3 is 0 Å². The number of amides is 1. The Morgan fingerprint density at radius 2 is 1.92 bits per heavy atom. The van der Waals surface area contributed by atoms with Crippen molar-refractivity contribution in [1.82, 2.24) is 9.80 Å². The van der Waals surface area contributed by atoms with Gasteiger partial charge in [0.25, 0.3) is 0 Å². The SMILES string of the molecule is N#Cc1ccc(OCCN2CCC(N3CCCC3C(N)=O)CC2)cc1. The predicted molar refractivity (Wildman–Crippen MR) is 95.0 cm³/mol. The minimum absolute atomic E-state index is 0.0590. The Labute approximate surface area is 149 Å². The molecule has 2 aliphatic rings. The average molecular weight is 342 g/mol. The molecule has 2 heterocycles. The van der Waals surface area contributed by atoms with E-state index in [9.17, 15) is 4.79 Å². The summed E-state index contributed by atoms with van der Waals surface area (Å²) in [4.78, 5) is 16.3. The second kappa shape index (κ2) is 8.32. The Bertz CT molecular complexity index is 617. The van der Waals surface area contributed by atoms with Gasteiger partial charge in [0.15, 0.2) is 0 Å². The highest BCUT2D eigenvalue weighted by molar-refractivity contribution is 5.80. The van der Waals surface area contributed by atoms with Crippen LogP contribution in [0.1, 0.15) is 31.2 Å². The lowest BCUT2D eigenvalue weighted by Crippen LogP contribution is -2.50. The molecule has 6 nitrogen and oxygen atoms in total. The number of hydrogen-bond donors (Lipinski definition) is 1. The minimum Gasteiger partial charge on any atom is -0.492 e. The first-order valence-electron chi connectivity index (χ1n) is 9.08. The average Bonchev–Trinajstić information content (AvgIpc) is 3.13. The van der Waals surface area contributed by atoms with E-state index >= 15 is 0 Å². The zero-order chi connectivity index (χ0) is 17.6. The first-order chi connectivity index (χ1) is 12.2. The number of nitriles is 1. The molecule has 1 amide bonds. The van der Waals surface area contributed by atoms with Gasteiger partial charge in [-0.05, 0) is 69.6 Å². The molecule has 1 aromatic carbocycles. The second-order valence-electron chi connectivity index (χ2n) is 6.86. The summed E-state index contributed by atoms with van der Waals surface area (Å²) in [6.07, 6.45) is 4.15. The van der Waals surface area contributed by atoms with E-state index in [2.05, 4.69) is 15.9 Å². The number of benzene rings is 1. The van der Waals surface area contributed by atoms with Crippen molar-refractivity contribution in [2.45, 2.75) is 37.8 Å². The molecule has 1 atom stereocenters. The van der Waals surface area contributed by atoms with Gasteiger partial charge in [0.05, 0.1) is 17.7 Å². The van der Waals surface area contributed by atoms with Gasteiger partial charge in [0.1, 0.15) is 12.4 Å². The normalized spacial score (nSPS) is 22.6. The van der Waals surface area contributed by atoms with E-state index in [1.54, 1.807) is 12.1 Å². The van der Waals surface area contributed by atoms with Crippen LogP contribution in [0.15, 0.2) is 24.3 Å². The standard InChI is InChI=1S/C19H26N4O2/c20-14-15-3-5-17(6-4-15)25-13-12-22-10-7-16(8-11-22)23-9-1-2-18(23)19(21)24/h3-6,16,18H,1-2,7-13H2,(H2,21,24). The van der Waals surface area contributed by atoms with Gasteiger partial charge in [-0.1, -0.05) is 0 Å². The van der Waals surface area contributed by atoms with Crippen LogP contribution in [0, 0.1) is 11.3 Å². The van der Waals surface area contributed by atoms with Crippen LogP contribution in [0.3, 0.4) is 0 Å². The molecule has 2 saturated heterocycles. The van der Waals surface area contributed by atoms with Crippen molar-refractivity contribution in [3.05, 3.63) is 29.8 Å². The van der Waals surface area contributed by atoms with Crippen molar-refractivity contribution in [2.75, 3.05) is 32.8 Å². The molecule has 3 rings (SSSR count). The molecule has 6 heteroatoms. The Balaban J connectivity index is 1.39. The van der Waals surface area contributed by atoms with Gasteiger partial charge in [-0.2, -0.15) is 5.26 Å². The summed E-state index contributed by atoms with van der Waals surface area (Å²) in [5, 5.41) is 8.79. The van der Waals surface area contributed by atoms with Crippen LogP contribution in [0.25, 0.3) is 0 Å². The van der Waals surface area contributed by atoms with Crippen LogP contribution in [-0.4, -0.2) is 60.6 Å². The van der Waals surface area contributed by atoms with Crippen molar-refractivity contribution in [1.29, 1.82) is 5.26 Å². The van der Waals surface area contributed by atoms with E-state index in [0.717, 1.165) is 57.6 Å². The number of piperidine rings is 1. The molecule has 25 heavy (non-hydrogen) atoms. The molecule has 0 saturated carbocycles. The number of nitrogens with two attached hydrogens (primary N) is 1. The Kier molecular flexibility index (Phi) is 5.90. The van der Waals surface area contributed by atoms with Gasteiger partial charge in [0.2, 0.25) is 5.91 Å². The van der Waals surface area contributed by atoms with Crippen molar-refractivity contribution in [2.24, 2.45) is 5.73 Å². The first kappa shape index (κ1) is 17.7. The molecule has 0 radical (unpaired) electrons. The van der Waals surface area contributed by atoms with E-state index in [0.29, 0.717) is 18.2 Å². The molecule has 1 unspecified atom stereocenters. The zero-order valence-corrected chi connectivity index (χ0v) is 14.6. The monoisotopic (exact) mass is 342 g/mol. The van der Waals surface area contributed by atoms with Gasteiger partial charge in [-0.25, -0.2) is 0 Å². The summed E-state index contributed by atoms with van der Waals surface area (Å²) in [6.45, 7) is 4.60. The number of carbonyl (C=O) groups is 1. The van der Waals surface area contributed by atoms with E-state index in [-0.39, 0.29) is 11.9 Å². The van der Waals surface area contributed by atoms with Gasteiger partial charge in [-0.15, -0.1) is 0 Å². The molecule has 0 aromatic heterocycles. The van der Waals surface area contributed by atoms with Crippen LogP contribution in [0.5, 0.6) is 5.75 Å². The summed E-state index contributed by atoms with van der Waals surface area (Å²) in [7, 11) is 0. The highest BCUT2D eigenvalue weighted by atomic mass is 16.5. The number of primary amides is 1. The van der Waals surface area contributed by atoms with Crippen LogP contribution in [-0.2, 0) is 4.79 Å². The summed E-state index contributed by atoms with van der Waals surface area (Å²) < 4.78 is 5.76. The molecule has 2 aliphatic heterocycles. The minimum atomic E-state index is -0.171. The quantitative estimate of drug-likeness (QED) is 0.844. The topological polar surface area (TPSA) is 82.6 Å². The summed E-state index contributed by atoms with van der Waals surface area (Å²) in [6, 6.07) is 9.74. The van der Waals surface area contributed by atoms with E-state index in [1.807, 2.05) is 12.1 Å². The summed E-state index contributed by atoms with van der Waals surface area (Å²) in [5.74, 6) is 0.631. The maximum absolute atomic E-state index is 11.6. The third kappa shape index (κ3) is 4.50. The maximum atomic E-state index is 11.6. The number of nitrogens with zero attached hydrogens (tertiary/aromatic N) is 3. The zero-order valence-electron chi connectivity index (χ0n) is 14.6. The maximum Gasteiger partial charge on any atom is 0.234 e. The fraction of sp³-hybridized carbons (Fsp3) is 0.579. The lowest BCUT2D eigenvalue weighted by molar-refractivity contribution is -0.123. The number of rotatable bonds is 6. The Hall–Kier alpha value is -2.10. The Morgan fingerprint density at radius 3 is 2.56 bits per heavy atom. The van der Waals surface area contributed by atoms with Crippen LogP contribution in [0.2, 0.25) is 0 Å². The smallest absolute Gasteiger partial charge is 0.234 e. The summed E-state index contributed by atoms with van der Waals surface area (Å²) >= 11 is 0. The van der Waals surface area contributed by atoms with Crippen LogP contribution in [0.4, 0.5) is 0 Å². The molecule has 0 aliphatic carbocycles. The fourth-order valence-electron chi connectivity index (χ4n) is 3.92. The Morgan fingerprint density at radius 1 is 1.20 bits per heavy atom. The highest BCUT2D eigenvalue weighted by Gasteiger charge is 2.35. The number of carbonyl (C=O) groups excluding carboxylic acids is 1. The molecule has 0 bridgehead atoms. The molecule has 1 aromatic rings. The second-order valence-corrected chi connectivity index (χ2v) is 6.86. The van der Waals surface area contributed by atoms with Crippen LogP contribution < -0.4 is 10.5 Å². The van der Waals surface area contributed by atoms with Crippen molar-refractivity contribution in [3.8, 4) is 11.8 Å². The van der Waals surface area contributed by atoms with Crippen molar-refractivity contribution < 1.29 is 9.53 Å². The number of likely N-dealkylation sites (tertiary alicyclic amines) is 2. The van der Waals surface area contributed by atoms with Crippen molar-refractivity contribution in [3.63, 3.8) is 0 Å². The lowest BCUT2D eigenvalue weighted by Gasteiger charge is -2.38. The van der Waals surface area contributed by atoms with E-state index in [4.69, 9.17) is 15.7 Å². The first-order valence-corrected chi connectivity index (χ1v) is 9.08. The number of hydrogen-bond acceptors (Lipinski definition) is 5. The third-order valence-corrected chi connectivity index (χ3v) is 5.31. The molecule has 134 valence electrons. The van der Waals surface area contributed by atoms with Crippen molar-refractivity contribution >= 4 is 5.91 Å². The molecule has 2 fully saturated rings.